The first-order chi connectivity index (χ1) is 12.9. The van der Waals surface area contributed by atoms with Gasteiger partial charge in [0.05, 0.1) is 5.92 Å². The molecular formula is C22H20NO4-. The number of carbonyl (C=O) groups excluding carboxylic acids is 2. The molecule has 0 saturated heterocycles. The van der Waals surface area contributed by atoms with Crippen molar-refractivity contribution in [1.29, 1.82) is 0 Å². The van der Waals surface area contributed by atoms with Gasteiger partial charge in [0, 0.05) is 34.4 Å². The Morgan fingerprint density at radius 1 is 0.963 bits per heavy atom. The van der Waals surface area contributed by atoms with E-state index in [4.69, 9.17) is 4.42 Å². The number of anilines is 1. The summed E-state index contributed by atoms with van der Waals surface area (Å²) in [4.78, 5) is 24.3. The van der Waals surface area contributed by atoms with Gasteiger partial charge in [0.15, 0.2) is 0 Å². The molecule has 0 fully saturated rings. The number of carboxylic acids is 1. The molecule has 0 spiro atoms. The van der Waals surface area contributed by atoms with Crippen LogP contribution in [0.4, 0.5) is 5.69 Å². The van der Waals surface area contributed by atoms with Crippen molar-refractivity contribution in [2.24, 2.45) is 11.8 Å². The molecule has 1 aromatic heterocycles. The lowest BCUT2D eigenvalue weighted by Crippen LogP contribution is -2.42. The third-order valence-electron chi connectivity index (χ3n) is 5.55. The van der Waals surface area contributed by atoms with Gasteiger partial charge in [-0.05, 0) is 44.9 Å². The Balaban J connectivity index is 1.62. The van der Waals surface area contributed by atoms with Crippen LogP contribution in [0.1, 0.15) is 26.7 Å². The van der Waals surface area contributed by atoms with E-state index in [-0.39, 0.29) is 5.91 Å². The van der Waals surface area contributed by atoms with Crippen LogP contribution in [0.3, 0.4) is 0 Å². The Labute approximate surface area is 156 Å². The van der Waals surface area contributed by atoms with E-state index in [9.17, 15) is 14.7 Å². The van der Waals surface area contributed by atoms with Crippen LogP contribution in [-0.4, -0.2) is 11.9 Å². The SMILES string of the molecule is CC1=C(C)C[C@@H](C(=O)Nc2ccc3c(c2)oc2ccccc23)[C@H](C(=O)[O-])C1. The maximum absolute atomic E-state index is 12.8. The number of aliphatic carboxylic acids is 1. The third kappa shape index (κ3) is 3.10. The number of carbonyl (C=O) groups is 2. The van der Waals surface area contributed by atoms with Crippen molar-refractivity contribution in [1.82, 2.24) is 0 Å². The van der Waals surface area contributed by atoms with Gasteiger partial charge in [-0.15, -0.1) is 0 Å². The second-order valence-electron chi connectivity index (χ2n) is 7.30. The van der Waals surface area contributed by atoms with E-state index in [1.54, 1.807) is 6.07 Å². The summed E-state index contributed by atoms with van der Waals surface area (Å²) >= 11 is 0. The summed E-state index contributed by atoms with van der Waals surface area (Å²) in [5.74, 6) is -2.91. The predicted molar refractivity (Wildman–Crippen MR) is 102 cm³/mol. The molecule has 0 saturated carbocycles. The molecule has 2 atom stereocenters. The summed E-state index contributed by atoms with van der Waals surface area (Å²) in [6, 6.07) is 13.2. The highest BCUT2D eigenvalue weighted by Gasteiger charge is 2.33. The van der Waals surface area contributed by atoms with E-state index < -0.39 is 17.8 Å². The first kappa shape index (κ1) is 17.3. The highest BCUT2D eigenvalue weighted by Crippen LogP contribution is 2.35. The van der Waals surface area contributed by atoms with Gasteiger partial charge < -0.3 is 19.6 Å². The fourth-order valence-corrected chi connectivity index (χ4v) is 3.85. The molecule has 1 amide bonds. The van der Waals surface area contributed by atoms with Gasteiger partial charge in [-0.25, -0.2) is 0 Å². The van der Waals surface area contributed by atoms with Crippen molar-refractivity contribution in [2.45, 2.75) is 26.7 Å². The van der Waals surface area contributed by atoms with Crippen molar-refractivity contribution in [3.63, 3.8) is 0 Å². The van der Waals surface area contributed by atoms with Crippen LogP contribution >= 0.6 is 0 Å². The molecule has 0 radical (unpaired) electrons. The number of benzene rings is 2. The van der Waals surface area contributed by atoms with Gasteiger partial charge in [0.1, 0.15) is 11.2 Å². The fraction of sp³-hybridized carbons (Fsp3) is 0.273. The zero-order chi connectivity index (χ0) is 19.1. The molecule has 1 aliphatic rings. The summed E-state index contributed by atoms with van der Waals surface area (Å²) in [5, 5.41) is 16.4. The van der Waals surface area contributed by atoms with E-state index >= 15 is 0 Å². The molecule has 4 rings (SSSR count). The van der Waals surface area contributed by atoms with E-state index in [2.05, 4.69) is 5.32 Å². The average molecular weight is 362 g/mol. The summed E-state index contributed by atoms with van der Waals surface area (Å²) in [5.41, 5.74) is 4.16. The van der Waals surface area contributed by atoms with Crippen LogP contribution in [-0.2, 0) is 9.59 Å². The summed E-state index contributed by atoms with van der Waals surface area (Å²) < 4.78 is 5.85. The van der Waals surface area contributed by atoms with Gasteiger partial charge in [0.2, 0.25) is 5.91 Å². The molecule has 1 aliphatic carbocycles. The molecular weight excluding hydrogens is 342 g/mol. The maximum Gasteiger partial charge on any atom is 0.228 e. The first-order valence-corrected chi connectivity index (χ1v) is 9.02. The number of fused-ring (bicyclic) bond motifs is 3. The standard InChI is InChI=1S/C22H21NO4/c1-12-9-17(18(22(25)26)10-13(12)2)21(24)23-14-7-8-16-15-5-3-4-6-19(15)27-20(16)11-14/h3-8,11,17-18H,9-10H2,1-2H3,(H,23,24)(H,25,26)/p-1/t17-,18-/m1/s1. The van der Waals surface area contributed by atoms with Crippen molar-refractivity contribution < 1.29 is 19.1 Å². The van der Waals surface area contributed by atoms with E-state index in [1.165, 1.54) is 0 Å². The van der Waals surface area contributed by atoms with Crippen molar-refractivity contribution in [3.8, 4) is 0 Å². The molecule has 0 unspecified atom stereocenters. The summed E-state index contributed by atoms with van der Waals surface area (Å²) in [6.45, 7) is 3.86. The largest absolute Gasteiger partial charge is 0.550 e. The highest BCUT2D eigenvalue weighted by atomic mass is 16.4. The van der Waals surface area contributed by atoms with E-state index in [0.717, 1.165) is 27.5 Å². The molecule has 0 aliphatic heterocycles. The minimum Gasteiger partial charge on any atom is -0.550 e. The van der Waals surface area contributed by atoms with Crippen molar-refractivity contribution in [2.75, 3.05) is 5.32 Å². The lowest BCUT2D eigenvalue weighted by Gasteiger charge is -2.32. The van der Waals surface area contributed by atoms with Gasteiger partial charge >= 0.3 is 0 Å². The fourth-order valence-electron chi connectivity index (χ4n) is 3.85. The van der Waals surface area contributed by atoms with Gasteiger partial charge in [-0.1, -0.05) is 29.3 Å². The highest BCUT2D eigenvalue weighted by molar-refractivity contribution is 6.06. The predicted octanol–water partition coefficient (Wildman–Crippen LogP) is 3.64. The second-order valence-corrected chi connectivity index (χ2v) is 7.30. The lowest BCUT2D eigenvalue weighted by atomic mass is 9.76. The number of para-hydroxylation sites is 1. The Hall–Kier alpha value is -3.08. The van der Waals surface area contributed by atoms with Crippen molar-refractivity contribution in [3.05, 3.63) is 53.6 Å². The van der Waals surface area contributed by atoms with E-state index in [0.29, 0.717) is 24.1 Å². The third-order valence-corrected chi connectivity index (χ3v) is 5.55. The molecule has 0 bridgehead atoms. The zero-order valence-electron chi connectivity index (χ0n) is 15.2. The van der Waals surface area contributed by atoms with Crippen LogP contribution < -0.4 is 10.4 Å². The molecule has 27 heavy (non-hydrogen) atoms. The van der Waals surface area contributed by atoms with Crippen molar-refractivity contribution >= 4 is 39.5 Å². The minimum atomic E-state index is -1.17. The zero-order valence-corrected chi connectivity index (χ0v) is 15.2. The number of nitrogens with one attached hydrogen (secondary N) is 1. The Morgan fingerprint density at radius 3 is 2.37 bits per heavy atom. The topological polar surface area (TPSA) is 82.4 Å². The molecule has 1 N–H and O–H groups in total. The van der Waals surface area contributed by atoms with Crippen LogP contribution in [0.15, 0.2) is 58.0 Å². The lowest BCUT2D eigenvalue weighted by molar-refractivity contribution is -0.313. The Kier molecular flexibility index (Phi) is 4.22. The van der Waals surface area contributed by atoms with Crippen LogP contribution in [0.2, 0.25) is 0 Å². The molecule has 1 heterocycles. The summed E-state index contributed by atoms with van der Waals surface area (Å²) in [7, 11) is 0. The molecule has 5 nitrogen and oxygen atoms in total. The van der Waals surface area contributed by atoms with Crippen LogP contribution in [0, 0.1) is 11.8 Å². The number of rotatable bonds is 3. The maximum atomic E-state index is 12.8. The number of furan rings is 1. The minimum absolute atomic E-state index is 0.300. The number of hydrogen-bond donors (Lipinski definition) is 1. The Bertz CT molecular complexity index is 1090. The molecule has 138 valence electrons. The van der Waals surface area contributed by atoms with Crippen LogP contribution in [0.25, 0.3) is 21.9 Å². The first-order valence-electron chi connectivity index (χ1n) is 9.02. The number of allylic oxidation sites excluding steroid dienone is 2. The number of amides is 1. The molecule has 5 heteroatoms. The smallest absolute Gasteiger partial charge is 0.228 e. The van der Waals surface area contributed by atoms with Crippen LogP contribution in [0.5, 0.6) is 0 Å². The molecule has 2 aromatic carbocycles. The molecule has 3 aromatic rings. The second kappa shape index (κ2) is 6.58. The number of hydrogen-bond acceptors (Lipinski definition) is 4. The normalized spacial score (nSPS) is 20.2. The van der Waals surface area contributed by atoms with Gasteiger partial charge in [-0.2, -0.15) is 0 Å². The quantitative estimate of drug-likeness (QED) is 0.721. The van der Waals surface area contributed by atoms with E-state index in [1.807, 2.05) is 50.2 Å². The van der Waals surface area contributed by atoms with Gasteiger partial charge in [0.25, 0.3) is 0 Å². The average Bonchev–Trinajstić information content (AvgIpc) is 3.01. The van der Waals surface area contributed by atoms with Gasteiger partial charge in [-0.3, -0.25) is 4.79 Å². The number of carboxylic acid groups (broad SMARTS) is 1. The summed E-state index contributed by atoms with van der Waals surface area (Å²) in [6.07, 6.45) is 0.790. The monoisotopic (exact) mass is 362 g/mol. The Morgan fingerprint density at radius 2 is 1.63 bits per heavy atom.